The number of benzene rings is 2. The summed E-state index contributed by atoms with van der Waals surface area (Å²) in [5, 5.41) is 21.0. The minimum absolute atomic E-state index is 0.0822. The summed E-state index contributed by atoms with van der Waals surface area (Å²) in [7, 11) is 0. The van der Waals surface area contributed by atoms with Gasteiger partial charge < -0.3 is 10.2 Å². The van der Waals surface area contributed by atoms with E-state index in [-0.39, 0.29) is 23.9 Å². The maximum Gasteiger partial charge on any atom is 0.237 e. The van der Waals surface area contributed by atoms with Crippen LogP contribution < -0.4 is 10.2 Å². The van der Waals surface area contributed by atoms with Crippen LogP contribution >= 0.6 is 23.1 Å². The van der Waals surface area contributed by atoms with E-state index in [4.69, 9.17) is 5.26 Å². The van der Waals surface area contributed by atoms with Gasteiger partial charge in [-0.3, -0.25) is 4.79 Å². The number of nitrogens with one attached hydrogen (secondary N) is 1. The van der Waals surface area contributed by atoms with Crippen molar-refractivity contribution in [1.29, 1.82) is 5.26 Å². The molecule has 6 nitrogen and oxygen atoms in total. The normalized spacial score (nSPS) is 10.5. The molecule has 2 aromatic carbocycles. The topological polar surface area (TPSA) is 81.9 Å². The smallest absolute Gasteiger partial charge is 0.237 e. The van der Waals surface area contributed by atoms with Crippen LogP contribution in [0.25, 0.3) is 0 Å². The molecular formula is C22H22FN5OS2. The van der Waals surface area contributed by atoms with Crippen LogP contribution in [0.4, 0.5) is 15.2 Å². The Labute approximate surface area is 189 Å². The van der Waals surface area contributed by atoms with Crippen LogP contribution in [0.5, 0.6) is 0 Å². The molecule has 0 fully saturated rings. The van der Waals surface area contributed by atoms with Gasteiger partial charge in [-0.25, -0.2) is 4.39 Å². The lowest BCUT2D eigenvalue weighted by Gasteiger charge is -2.22. The summed E-state index contributed by atoms with van der Waals surface area (Å²) < 4.78 is 13.7. The number of anilines is 2. The molecule has 0 radical (unpaired) electrons. The van der Waals surface area contributed by atoms with E-state index >= 15 is 0 Å². The van der Waals surface area contributed by atoms with Crippen LogP contribution in [-0.2, 0) is 11.3 Å². The predicted octanol–water partition coefficient (Wildman–Crippen LogP) is 4.95. The summed E-state index contributed by atoms with van der Waals surface area (Å²) in [5.41, 5.74) is 3.87. The monoisotopic (exact) mass is 455 g/mol. The third kappa shape index (κ3) is 6.77. The number of aromatic nitrogens is 2. The van der Waals surface area contributed by atoms with E-state index < -0.39 is 0 Å². The first-order valence-corrected chi connectivity index (χ1v) is 11.4. The van der Waals surface area contributed by atoms with E-state index in [0.717, 1.165) is 22.4 Å². The molecule has 0 bridgehead atoms. The molecule has 0 saturated heterocycles. The molecular weight excluding hydrogens is 433 g/mol. The molecule has 31 heavy (non-hydrogen) atoms. The summed E-state index contributed by atoms with van der Waals surface area (Å²) in [6.45, 7) is 4.83. The Hall–Kier alpha value is -2.96. The maximum atomic E-state index is 13.0. The Balaban J connectivity index is 1.59. The van der Waals surface area contributed by atoms with Gasteiger partial charge in [-0.2, -0.15) is 5.26 Å². The number of aryl methyl sites for hydroxylation is 2. The zero-order chi connectivity index (χ0) is 22.2. The number of halogens is 1. The molecule has 1 heterocycles. The van der Waals surface area contributed by atoms with Crippen molar-refractivity contribution in [3.63, 3.8) is 0 Å². The molecule has 0 spiro atoms. The van der Waals surface area contributed by atoms with E-state index in [9.17, 15) is 9.18 Å². The Bertz CT molecular complexity index is 1060. The Morgan fingerprint density at radius 3 is 2.58 bits per heavy atom. The highest BCUT2D eigenvalue weighted by Crippen LogP contribution is 2.27. The number of rotatable bonds is 9. The molecule has 0 saturated carbocycles. The fraction of sp³-hybridized carbons (Fsp3) is 0.273. The third-order valence-electron chi connectivity index (χ3n) is 4.35. The predicted molar refractivity (Wildman–Crippen MR) is 123 cm³/mol. The fourth-order valence-electron chi connectivity index (χ4n) is 2.99. The number of carbonyl (C=O) groups excluding carboxylic acids is 1. The van der Waals surface area contributed by atoms with Gasteiger partial charge in [0.25, 0.3) is 0 Å². The summed E-state index contributed by atoms with van der Waals surface area (Å²) >= 11 is 2.68. The summed E-state index contributed by atoms with van der Waals surface area (Å²) in [6, 6.07) is 14.3. The highest BCUT2D eigenvalue weighted by molar-refractivity contribution is 8.01. The zero-order valence-electron chi connectivity index (χ0n) is 17.3. The number of thioether (sulfide) groups is 1. The SMILES string of the molecule is Cc1cc(C)cc(N(CCC#N)C(=O)CSc2nnc(NCc3ccc(F)cc3)s2)c1. The first-order valence-electron chi connectivity index (χ1n) is 9.65. The Kier molecular flexibility index (Phi) is 7.98. The Morgan fingerprint density at radius 1 is 1.19 bits per heavy atom. The quantitative estimate of drug-likeness (QED) is 0.460. The van der Waals surface area contributed by atoms with Crippen LogP contribution in [0.3, 0.4) is 0 Å². The van der Waals surface area contributed by atoms with Crippen molar-refractivity contribution in [2.45, 2.75) is 31.2 Å². The van der Waals surface area contributed by atoms with E-state index in [1.807, 2.05) is 32.0 Å². The number of nitriles is 1. The summed E-state index contributed by atoms with van der Waals surface area (Å²) in [6.07, 6.45) is 0.264. The van der Waals surface area contributed by atoms with E-state index in [0.29, 0.717) is 22.6 Å². The minimum atomic E-state index is -0.271. The molecule has 1 N–H and O–H groups in total. The van der Waals surface area contributed by atoms with Crippen molar-refractivity contribution >= 4 is 39.8 Å². The average Bonchev–Trinajstić information content (AvgIpc) is 3.19. The van der Waals surface area contributed by atoms with Gasteiger partial charge in [0, 0.05) is 18.8 Å². The van der Waals surface area contributed by atoms with Crippen LogP contribution in [0, 0.1) is 31.0 Å². The van der Waals surface area contributed by atoms with Gasteiger partial charge in [0.15, 0.2) is 4.34 Å². The first kappa shape index (κ1) is 22.7. The van der Waals surface area contributed by atoms with Gasteiger partial charge in [-0.05, 0) is 54.8 Å². The molecule has 160 valence electrons. The molecule has 3 rings (SSSR count). The van der Waals surface area contributed by atoms with Gasteiger partial charge >= 0.3 is 0 Å². The number of hydrogen-bond acceptors (Lipinski definition) is 7. The minimum Gasteiger partial charge on any atom is -0.356 e. The lowest BCUT2D eigenvalue weighted by Crippen LogP contribution is -2.33. The van der Waals surface area contributed by atoms with E-state index in [1.54, 1.807) is 17.0 Å². The second-order valence-corrected chi connectivity index (χ2v) is 9.14. The fourth-order valence-corrected chi connectivity index (χ4v) is 4.61. The number of hydrogen-bond donors (Lipinski definition) is 1. The molecule has 0 unspecified atom stereocenters. The lowest BCUT2D eigenvalue weighted by molar-refractivity contribution is -0.116. The van der Waals surface area contributed by atoms with Gasteiger partial charge in [0.05, 0.1) is 18.2 Å². The Morgan fingerprint density at radius 2 is 1.90 bits per heavy atom. The van der Waals surface area contributed by atoms with Crippen molar-refractivity contribution in [3.05, 3.63) is 65.0 Å². The first-order chi connectivity index (χ1) is 14.9. The van der Waals surface area contributed by atoms with Crippen LogP contribution in [0.1, 0.15) is 23.1 Å². The van der Waals surface area contributed by atoms with Crippen molar-refractivity contribution < 1.29 is 9.18 Å². The number of carbonyl (C=O) groups is 1. The third-order valence-corrected chi connectivity index (χ3v) is 6.35. The molecule has 0 aliphatic heterocycles. The second-order valence-electron chi connectivity index (χ2n) is 6.94. The van der Waals surface area contributed by atoms with Crippen molar-refractivity contribution in [2.24, 2.45) is 0 Å². The number of nitrogens with zero attached hydrogens (tertiary/aromatic N) is 4. The van der Waals surface area contributed by atoms with Gasteiger partial charge in [0.2, 0.25) is 11.0 Å². The highest BCUT2D eigenvalue weighted by Gasteiger charge is 2.17. The lowest BCUT2D eigenvalue weighted by atomic mass is 10.1. The zero-order valence-corrected chi connectivity index (χ0v) is 18.9. The second kappa shape index (κ2) is 10.9. The molecule has 3 aromatic rings. The molecule has 0 aliphatic rings. The van der Waals surface area contributed by atoms with Crippen LogP contribution in [0.15, 0.2) is 46.8 Å². The molecule has 9 heteroatoms. The molecule has 0 atom stereocenters. The standard InChI is InChI=1S/C22H22FN5OS2/c1-15-10-16(2)12-19(11-15)28(9-3-8-24)20(29)14-30-22-27-26-21(31-22)25-13-17-4-6-18(23)7-5-17/h4-7,10-12H,3,9,13-14H2,1-2H3,(H,25,26). The van der Waals surface area contributed by atoms with Gasteiger partial charge in [-0.15, -0.1) is 10.2 Å². The van der Waals surface area contributed by atoms with Crippen LogP contribution in [-0.4, -0.2) is 28.4 Å². The summed E-state index contributed by atoms with van der Waals surface area (Å²) in [5.74, 6) is -0.153. The maximum absolute atomic E-state index is 13.0. The average molecular weight is 456 g/mol. The van der Waals surface area contributed by atoms with Crippen molar-refractivity contribution in [1.82, 2.24) is 10.2 Å². The highest BCUT2D eigenvalue weighted by atomic mass is 32.2. The molecule has 0 aliphatic carbocycles. The van der Waals surface area contributed by atoms with Crippen molar-refractivity contribution in [2.75, 3.05) is 22.5 Å². The van der Waals surface area contributed by atoms with Crippen LogP contribution in [0.2, 0.25) is 0 Å². The number of amides is 1. The molecule has 1 amide bonds. The largest absolute Gasteiger partial charge is 0.356 e. The molecule has 1 aromatic heterocycles. The van der Waals surface area contributed by atoms with Gasteiger partial charge in [-0.1, -0.05) is 41.3 Å². The van der Waals surface area contributed by atoms with Crippen molar-refractivity contribution in [3.8, 4) is 6.07 Å². The summed E-state index contributed by atoms with van der Waals surface area (Å²) in [4.78, 5) is 14.6. The van der Waals surface area contributed by atoms with E-state index in [2.05, 4.69) is 21.6 Å². The van der Waals surface area contributed by atoms with E-state index in [1.165, 1.54) is 35.2 Å². The van der Waals surface area contributed by atoms with Gasteiger partial charge in [0.1, 0.15) is 5.82 Å².